The predicted octanol–water partition coefficient (Wildman–Crippen LogP) is 1.87. The number of nitrogens with zero attached hydrogens (tertiary/aromatic N) is 8. The van der Waals surface area contributed by atoms with Gasteiger partial charge in [-0.3, -0.25) is 14.5 Å². The van der Waals surface area contributed by atoms with Crippen molar-refractivity contribution in [2.24, 2.45) is 0 Å². The summed E-state index contributed by atoms with van der Waals surface area (Å²) < 4.78 is 20.6. The Bertz CT molecular complexity index is 1240. The molecule has 0 aromatic carbocycles. The Balaban J connectivity index is 1.37. The molecule has 32 heavy (non-hydrogen) atoms. The molecular formula is C21H19FN8O2. The molecule has 1 atom stereocenters. The van der Waals surface area contributed by atoms with Crippen molar-refractivity contribution < 1.29 is 13.9 Å². The molecule has 1 amide bonds. The molecule has 4 aromatic rings. The van der Waals surface area contributed by atoms with Crippen molar-refractivity contribution in [3.05, 3.63) is 72.3 Å². The fourth-order valence-corrected chi connectivity index (χ4v) is 3.54. The number of carbonyl (C=O) groups excluding carboxylic acids is 1. The zero-order valence-electron chi connectivity index (χ0n) is 17.2. The fourth-order valence-electron chi connectivity index (χ4n) is 3.54. The molecule has 1 aliphatic rings. The highest BCUT2D eigenvalue weighted by Crippen LogP contribution is 2.21. The van der Waals surface area contributed by atoms with Crippen LogP contribution in [-0.2, 0) is 11.3 Å². The molecular weight excluding hydrogens is 415 g/mol. The van der Waals surface area contributed by atoms with E-state index in [0.717, 1.165) is 6.20 Å². The maximum Gasteiger partial charge on any atom is 0.276 e. The van der Waals surface area contributed by atoms with E-state index in [1.165, 1.54) is 10.9 Å². The van der Waals surface area contributed by atoms with Crippen molar-refractivity contribution in [2.45, 2.75) is 19.7 Å². The third kappa shape index (κ3) is 3.85. The van der Waals surface area contributed by atoms with Crippen LogP contribution in [0.2, 0.25) is 0 Å². The topological polar surface area (TPSA) is 104 Å². The highest BCUT2D eigenvalue weighted by atomic mass is 19.1. The van der Waals surface area contributed by atoms with Crippen molar-refractivity contribution in [3.8, 4) is 17.1 Å². The molecule has 0 bridgehead atoms. The van der Waals surface area contributed by atoms with Crippen LogP contribution < -0.4 is 0 Å². The number of rotatable bonds is 5. The minimum atomic E-state index is -0.517. The monoisotopic (exact) mass is 434 g/mol. The SMILES string of the molecule is Cc1ccc(-n2nccn2)c(C(=O)N2CCOC2Cn2ccc(-c3ccc(F)cn3)n2)n1. The molecule has 5 rings (SSSR count). The van der Waals surface area contributed by atoms with Crippen molar-refractivity contribution in [3.63, 3.8) is 0 Å². The van der Waals surface area contributed by atoms with Gasteiger partial charge in [0.1, 0.15) is 17.2 Å². The molecule has 11 heteroatoms. The first-order valence-corrected chi connectivity index (χ1v) is 10.0. The maximum atomic E-state index is 13.4. The quantitative estimate of drug-likeness (QED) is 0.472. The van der Waals surface area contributed by atoms with Gasteiger partial charge in [-0.1, -0.05) is 0 Å². The maximum absolute atomic E-state index is 13.4. The summed E-state index contributed by atoms with van der Waals surface area (Å²) in [5.74, 6) is -0.674. The lowest BCUT2D eigenvalue weighted by molar-refractivity contribution is 0.0169. The lowest BCUT2D eigenvalue weighted by Crippen LogP contribution is -2.40. The number of pyridine rings is 2. The average molecular weight is 434 g/mol. The number of aryl methyl sites for hydroxylation is 1. The lowest BCUT2D eigenvalue weighted by atomic mass is 10.2. The smallest absolute Gasteiger partial charge is 0.276 e. The van der Waals surface area contributed by atoms with Crippen LogP contribution in [0.1, 0.15) is 16.2 Å². The lowest BCUT2D eigenvalue weighted by Gasteiger charge is -2.23. The van der Waals surface area contributed by atoms with E-state index in [0.29, 0.717) is 42.5 Å². The first-order valence-electron chi connectivity index (χ1n) is 10.0. The summed E-state index contributed by atoms with van der Waals surface area (Å²) in [7, 11) is 0. The molecule has 4 aromatic heterocycles. The van der Waals surface area contributed by atoms with Crippen molar-refractivity contribution in [1.82, 2.24) is 39.6 Å². The van der Waals surface area contributed by atoms with Gasteiger partial charge in [0.05, 0.1) is 37.4 Å². The number of carbonyl (C=O) groups is 1. The van der Waals surface area contributed by atoms with Gasteiger partial charge in [-0.2, -0.15) is 15.3 Å². The third-order valence-electron chi connectivity index (χ3n) is 5.07. The Kier molecular flexibility index (Phi) is 5.15. The first-order chi connectivity index (χ1) is 15.6. The van der Waals surface area contributed by atoms with Crippen LogP contribution in [0.25, 0.3) is 17.1 Å². The van der Waals surface area contributed by atoms with Crippen molar-refractivity contribution in [2.75, 3.05) is 13.2 Å². The molecule has 0 N–H and O–H groups in total. The van der Waals surface area contributed by atoms with Crippen LogP contribution in [0.15, 0.2) is 55.1 Å². The zero-order chi connectivity index (χ0) is 22.1. The molecule has 1 fully saturated rings. The molecule has 0 radical (unpaired) electrons. The van der Waals surface area contributed by atoms with E-state index in [1.807, 2.05) is 13.0 Å². The van der Waals surface area contributed by atoms with Crippen molar-refractivity contribution in [1.29, 1.82) is 0 Å². The standard InChI is InChI=1S/C21H19FN8O2/c1-14-2-5-18(30-24-7-8-25-30)20(26-14)21(31)29-10-11-32-19(29)13-28-9-6-17(27-28)16-4-3-15(22)12-23-16/h2-9,12,19H,10-11,13H2,1H3. The summed E-state index contributed by atoms with van der Waals surface area (Å²) in [4.78, 5) is 24.9. The molecule has 5 heterocycles. The molecule has 0 spiro atoms. The number of amides is 1. The average Bonchev–Trinajstić information content (AvgIpc) is 3.56. The van der Waals surface area contributed by atoms with E-state index in [-0.39, 0.29) is 11.6 Å². The highest BCUT2D eigenvalue weighted by Gasteiger charge is 2.33. The Morgan fingerprint density at radius 3 is 2.78 bits per heavy atom. The summed E-state index contributed by atoms with van der Waals surface area (Å²) in [6, 6.07) is 8.27. The Hall–Kier alpha value is -3.99. The van der Waals surface area contributed by atoms with Crippen LogP contribution >= 0.6 is 0 Å². The Labute approximate surface area is 182 Å². The van der Waals surface area contributed by atoms with Gasteiger partial charge >= 0.3 is 0 Å². The predicted molar refractivity (Wildman–Crippen MR) is 110 cm³/mol. The van der Waals surface area contributed by atoms with E-state index < -0.39 is 12.0 Å². The largest absolute Gasteiger partial charge is 0.354 e. The summed E-state index contributed by atoms with van der Waals surface area (Å²) >= 11 is 0. The molecule has 162 valence electrons. The highest BCUT2D eigenvalue weighted by molar-refractivity contribution is 5.96. The van der Waals surface area contributed by atoms with E-state index in [9.17, 15) is 9.18 Å². The van der Waals surface area contributed by atoms with Gasteiger partial charge in [0.2, 0.25) is 0 Å². The van der Waals surface area contributed by atoms with E-state index >= 15 is 0 Å². The molecule has 1 saturated heterocycles. The Morgan fingerprint density at radius 1 is 1.16 bits per heavy atom. The molecule has 0 aliphatic carbocycles. The van der Waals surface area contributed by atoms with Crippen LogP contribution in [0.5, 0.6) is 0 Å². The second-order valence-electron chi connectivity index (χ2n) is 7.25. The van der Waals surface area contributed by atoms with Gasteiger partial charge in [-0.25, -0.2) is 9.37 Å². The Morgan fingerprint density at radius 2 is 2.00 bits per heavy atom. The minimum absolute atomic E-state index is 0.258. The van der Waals surface area contributed by atoms with Gasteiger partial charge in [0.15, 0.2) is 11.9 Å². The van der Waals surface area contributed by atoms with Crippen LogP contribution in [0, 0.1) is 12.7 Å². The minimum Gasteiger partial charge on any atom is -0.354 e. The van der Waals surface area contributed by atoms with E-state index in [4.69, 9.17) is 4.74 Å². The van der Waals surface area contributed by atoms with Crippen LogP contribution in [0.4, 0.5) is 4.39 Å². The van der Waals surface area contributed by atoms with Gasteiger partial charge in [-0.15, -0.1) is 4.80 Å². The number of halogens is 1. The zero-order valence-corrected chi connectivity index (χ0v) is 17.2. The second kappa shape index (κ2) is 8.27. The van der Waals surface area contributed by atoms with Gasteiger partial charge in [0, 0.05) is 18.4 Å². The molecule has 1 unspecified atom stereocenters. The van der Waals surface area contributed by atoms with Gasteiger partial charge < -0.3 is 9.64 Å². The van der Waals surface area contributed by atoms with Gasteiger partial charge in [-0.05, 0) is 37.3 Å². The summed E-state index contributed by atoms with van der Waals surface area (Å²) in [5, 5.41) is 12.7. The normalized spacial score (nSPS) is 15.9. The summed E-state index contributed by atoms with van der Waals surface area (Å²) in [6.07, 6.45) is 5.49. The number of ether oxygens (including phenoxy) is 1. The number of aromatic nitrogens is 7. The number of hydrogen-bond acceptors (Lipinski definition) is 7. The van der Waals surface area contributed by atoms with E-state index in [2.05, 4.69) is 25.3 Å². The van der Waals surface area contributed by atoms with Crippen molar-refractivity contribution >= 4 is 5.91 Å². The third-order valence-corrected chi connectivity index (χ3v) is 5.07. The number of hydrogen-bond donors (Lipinski definition) is 0. The fraction of sp³-hybridized carbons (Fsp3) is 0.238. The first kappa shape index (κ1) is 19.9. The summed E-state index contributed by atoms with van der Waals surface area (Å²) in [6.45, 7) is 2.99. The molecule has 1 aliphatic heterocycles. The summed E-state index contributed by atoms with van der Waals surface area (Å²) in [5.41, 5.74) is 2.64. The second-order valence-corrected chi connectivity index (χ2v) is 7.25. The van der Waals surface area contributed by atoms with Crippen LogP contribution in [0.3, 0.4) is 0 Å². The van der Waals surface area contributed by atoms with Gasteiger partial charge in [0.25, 0.3) is 5.91 Å². The molecule has 0 saturated carbocycles. The van der Waals surface area contributed by atoms with E-state index in [1.54, 1.807) is 46.4 Å². The van der Waals surface area contributed by atoms with Crippen LogP contribution in [-0.4, -0.2) is 64.9 Å². The molecule has 10 nitrogen and oxygen atoms in total.